The van der Waals surface area contributed by atoms with Gasteiger partial charge < -0.3 is 10.6 Å². The van der Waals surface area contributed by atoms with Crippen LogP contribution in [-0.4, -0.2) is 32.8 Å². The molecule has 0 aliphatic heterocycles. The van der Waals surface area contributed by atoms with Gasteiger partial charge in [-0.15, -0.1) is 6.58 Å². The quantitative estimate of drug-likeness (QED) is 0.236. The molecule has 1 fully saturated rings. The molecular formula is C27H31ClN5O3+. The number of hydrogen-bond donors (Lipinski definition) is 3. The normalized spacial score (nSPS) is 14.7. The van der Waals surface area contributed by atoms with Crippen molar-refractivity contribution in [1.82, 2.24) is 15.1 Å². The van der Waals surface area contributed by atoms with Gasteiger partial charge in [-0.25, -0.2) is 0 Å². The van der Waals surface area contributed by atoms with Crippen molar-refractivity contribution in [3.8, 4) is 11.1 Å². The first-order valence-corrected chi connectivity index (χ1v) is 12.5. The zero-order valence-electron chi connectivity index (χ0n) is 20.3. The highest BCUT2D eigenvalue weighted by Crippen LogP contribution is 2.31. The van der Waals surface area contributed by atoms with Crippen LogP contribution in [0.1, 0.15) is 48.3 Å². The van der Waals surface area contributed by atoms with Crippen molar-refractivity contribution in [1.29, 1.82) is 0 Å². The third kappa shape index (κ3) is 5.60. The fourth-order valence-electron chi connectivity index (χ4n) is 4.78. The second kappa shape index (κ2) is 11.4. The van der Waals surface area contributed by atoms with Gasteiger partial charge in [0.15, 0.2) is 0 Å². The van der Waals surface area contributed by atoms with Gasteiger partial charge >= 0.3 is 0 Å². The van der Waals surface area contributed by atoms with Crippen LogP contribution in [0.5, 0.6) is 0 Å². The van der Waals surface area contributed by atoms with Crippen molar-refractivity contribution in [2.24, 2.45) is 5.92 Å². The standard InChI is InChI=1S/C27H30ClN5O3/c1-3-16-32-23(13-15-29-32)26(34)31-25(20-7-5-4-6-8-20)27(35)30-21-11-9-19(10-12-21)24-18(2)33(36)17-14-22(24)28/h3,9-15,17,20,25H,1,4-8,16H2,2H3,(H2-,30,31,34,35,36)/p+1. The second-order valence-corrected chi connectivity index (χ2v) is 9.48. The third-order valence-corrected chi connectivity index (χ3v) is 7.00. The van der Waals surface area contributed by atoms with Crippen LogP contribution in [0.25, 0.3) is 11.1 Å². The number of pyridine rings is 1. The summed E-state index contributed by atoms with van der Waals surface area (Å²) in [6.07, 6.45) is 9.70. The van der Waals surface area contributed by atoms with Crippen LogP contribution in [-0.2, 0) is 11.3 Å². The van der Waals surface area contributed by atoms with Crippen LogP contribution in [0.15, 0.2) is 61.4 Å². The Morgan fingerprint density at radius 2 is 1.94 bits per heavy atom. The van der Waals surface area contributed by atoms with Crippen molar-refractivity contribution in [2.45, 2.75) is 51.6 Å². The fourth-order valence-corrected chi connectivity index (χ4v) is 5.08. The number of hydrogen-bond acceptors (Lipinski definition) is 4. The van der Waals surface area contributed by atoms with Gasteiger partial charge in [-0.1, -0.05) is 49.1 Å². The summed E-state index contributed by atoms with van der Waals surface area (Å²) in [6.45, 7) is 5.89. The summed E-state index contributed by atoms with van der Waals surface area (Å²) in [4.78, 5) is 26.5. The highest BCUT2D eigenvalue weighted by atomic mass is 35.5. The average Bonchev–Trinajstić information content (AvgIpc) is 3.35. The van der Waals surface area contributed by atoms with E-state index in [-0.39, 0.29) is 17.7 Å². The molecule has 1 aliphatic carbocycles. The minimum absolute atomic E-state index is 0.0588. The predicted octanol–water partition coefficient (Wildman–Crippen LogP) is 4.54. The van der Waals surface area contributed by atoms with Crippen molar-refractivity contribution in [2.75, 3.05) is 5.32 Å². The monoisotopic (exact) mass is 508 g/mol. The summed E-state index contributed by atoms with van der Waals surface area (Å²) in [5, 5.41) is 20.6. The van der Waals surface area contributed by atoms with Gasteiger partial charge in [0.25, 0.3) is 5.91 Å². The van der Waals surface area contributed by atoms with Gasteiger partial charge in [-0.05, 0) is 42.5 Å². The molecule has 9 heteroatoms. The van der Waals surface area contributed by atoms with E-state index in [0.717, 1.165) is 42.4 Å². The molecule has 2 heterocycles. The number of amides is 2. The third-order valence-electron chi connectivity index (χ3n) is 6.69. The van der Waals surface area contributed by atoms with Gasteiger partial charge in [0.05, 0.1) is 17.1 Å². The number of anilines is 1. The average molecular weight is 509 g/mol. The zero-order chi connectivity index (χ0) is 25.7. The Bertz CT molecular complexity index is 1250. The summed E-state index contributed by atoms with van der Waals surface area (Å²) in [7, 11) is 0. The van der Waals surface area contributed by atoms with E-state index in [1.165, 1.54) is 6.20 Å². The van der Waals surface area contributed by atoms with Gasteiger partial charge in [-0.3, -0.25) is 19.5 Å². The molecule has 1 aliphatic rings. The van der Waals surface area contributed by atoms with E-state index in [9.17, 15) is 14.8 Å². The van der Waals surface area contributed by atoms with E-state index in [2.05, 4.69) is 22.3 Å². The van der Waals surface area contributed by atoms with Crippen molar-refractivity contribution in [3.05, 3.63) is 77.9 Å². The number of benzene rings is 1. The lowest BCUT2D eigenvalue weighted by Gasteiger charge is -2.30. The van der Waals surface area contributed by atoms with E-state index in [0.29, 0.717) is 34.2 Å². The molecule has 1 atom stereocenters. The highest BCUT2D eigenvalue weighted by molar-refractivity contribution is 6.33. The summed E-state index contributed by atoms with van der Waals surface area (Å²) in [5.41, 5.74) is 3.13. The number of nitrogens with one attached hydrogen (secondary N) is 2. The molecule has 8 nitrogen and oxygen atoms in total. The SMILES string of the molecule is C=CCn1nccc1C(=O)NC(C(=O)Nc1ccc(-c2c(Cl)cc[n+](O)c2C)cc1)C1CCCCC1. The van der Waals surface area contributed by atoms with Crippen LogP contribution in [0, 0.1) is 12.8 Å². The smallest absolute Gasteiger partial charge is 0.270 e. The molecule has 1 aromatic carbocycles. The summed E-state index contributed by atoms with van der Waals surface area (Å²) < 4.78 is 2.58. The number of carbonyl (C=O) groups is 2. The first-order valence-electron chi connectivity index (χ1n) is 12.1. The lowest BCUT2D eigenvalue weighted by atomic mass is 9.83. The van der Waals surface area contributed by atoms with E-state index >= 15 is 0 Å². The number of halogens is 1. The van der Waals surface area contributed by atoms with Crippen molar-refractivity contribution >= 4 is 29.1 Å². The molecule has 2 amide bonds. The largest absolute Gasteiger partial charge is 0.339 e. The first kappa shape index (κ1) is 25.4. The van der Waals surface area contributed by atoms with Gasteiger partial charge in [0.2, 0.25) is 17.8 Å². The maximum atomic E-state index is 13.4. The first-order chi connectivity index (χ1) is 17.4. The Hall–Kier alpha value is -3.65. The van der Waals surface area contributed by atoms with Crippen LogP contribution >= 0.6 is 11.6 Å². The Labute approximate surface area is 215 Å². The molecule has 1 saturated carbocycles. The van der Waals surface area contributed by atoms with Crippen LogP contribution in [0.2, 0.25) is 5.02 Å². The number of allylic oxidation sites excluding steroid dienone is 1. The highest BCUT2D eigenvalue weighted by Gasteiger charge is 2.32. The van der Waals surface area contributed by atoms with Crippen molar-refractivity contribution in [3.63, 3.8) is 0 Å². The zero-order valence-corrected chi connectivity index (χ0v) is 21.0. The Kier molecular flexibility index (Phi) is 8.05. The molecule has 0 saturated heterocycles. The minimum atomic E-state index is -0.663. The maximum Gasteiger partial charge on any atom is 0.270 e. The number of nitrogens with zero attached hydrogens (tertiary/aromatic N) is 3. The van der Waals surface area contributed by atoms with E-state index in [1.54, 1.807) is 48.1 Å². The van der Waals surface area contributed by atoms with Gasteiger partial charge in [0, 0.05) is 29.6 Å². The van der Waals surface area contributed by atoms with Crippen LogP contribution in [0.3, 0.4) is 0 Å². The van der Waals surface area contributed by atoms with Gasteiger partial charge in [-0.2, -0.15) is 5.10 Å². The van der Waals surface area contributed by atoms with E-state index < -0.39 is 6.04 Å². The summed E-state index contributed by atoms with van der Waals surface area (Å²) in [5.74, 6) is -0.523. The van der Waals surface area contributed by atoms with E-state index in [4.69, 9.17) is 11.6 Å². The number of carbonyl (C=O) groups excluding carboxylic acids is 2. The lowest BCUT2D eigenvalue weighted by molar-refractivity contribution is -0.908. The molecule has 36 heavy (non-hydrogen) atoms. The number of rotatable bonds is 8. The second-order valence-electron chi connectivity index (χ2n) is 9.07. The van der Waals surface area contributed by atoms with Crippen LogP contribution < -0.4 is 15.4 Å². The molecule has 3 aromatic rings. The molecule has 188 valence electrons. The molecule has 3 N–H and O–H groups in total. The minimum Gasteiger partial charge on any atom is -0.339 e. The molecular weight excluding hydrogens is 478 g/mol. The maximum absolute atomic E-state index is 13.4. The predicted molar refractivity (Wildman–Crippen MR) is 138 cm³/mol. The summed E-state index contributed by atoms with van der Waals surface area (Å²) in [6, 6.07) is 9.85. The Morgan fingerprint density at radius 3 is 2.64 bits per heavy atom. The van der Waals surface area contributed by atoms with Gasteiger partial charge in [0.1, 0.15) is 11.7 Å². The fraction of sp³-hybridized carbons (Fsp3) is 0.333. The summed E-state index contributed by atoms with van der Waals surface area (Å²) >= 11 is 6.36. The van der Waals surface area contributed by atoms with Crippen LogP contribution in [0.4, 0.5) is 5.69 Å². The molecule has 4 rings (SSSR count). The topological polar surface area (TPSA) is 100 Å². The molecule has 0 radical (unpaired) electrons. The molecule has 2 aromatic heterocycles. The molecule has 1 unspecified atom stereocenters. The van der Waals surface area contributed by atoms with E-state index in [1.807, 2.05) is 12.1 Å². The molecule has 0 spiro atoms. The van der Waals surface area contributed by atoms with Crippen molar-refractivity contribution < 1.29 is 19.5 Å². The number of aromatic nitrogens is 3. The Balaban J connectivity index is 1.52. The molecule has 0 bridgehead atoms. The Morgan fingerprint density at radius 1 is 1.22 bits per heavy atom. The lowest BCUT2D eigenvalue weighted by Crippen LogP contribution is -2.49.